The van der Waals surface area contributed by atoms with E-state index in [1.165, 1.54) is 30.3 Å². The molecule has 3 aromatic rings. The van der Waals surface area contributed by atoms with Crippen molar-refractivity contribution in [2.75, 3.05) is 11.3 Å². The van der Waals surface area contributed by atoms with Gasteiger partial charge in [-0.15, -0.1) is 0 Å². The summed E-state index contributed by atoms with van der Waals surface area (Å²) in [5.74, 6) is -0.261. The maximum atomic E-state index is 12.5. The Morgan fingerprint density at radius 1 is 0.893 bits per heavy atom. The molecule has 0 saturated heterocycles. The molecule has 0 aliphatic heterocycles. The average molecular weight is 415 g/mol. The molecule has 3 rings (SSSR count). The van der Waals surface area contributed by atoms with Crippen molar-refractivity contribution in [2.45, 2.75) is 11.3 Å². The predicted molar refractivity (Wildman–Crippen MR) is 111 cm³/mol. The lowest BCUT2D eigenvalue weighted by atomic mass is 10.1. The number of hydrogen-bond acceptors (Lipinski definition) is 3. The molecule has 0 spiro atoms. The van der Waals surface area contributed by atoms with Crippen LogP contribution in [0.4, 0.5) is 5.69 Å². The van der Waals surface area contributed by atoms with Crippen molar-refractivity contribution in [3.63, 3.8) is 0 Å². The van der Waals surface area contributed by atoms with Crippen LogP contribution in [0.5, 0.6) is 0 Å². The Kier molecular flexibility index (Phi) is 6.34. The first-order valence-corrected chi connectivity index (χ1v) is 10.5. The van der Waals surface area contributed by atoms with E-state index in [0.717, 1.165) is 12.0 Å². The van der Waals surface area contributed by atoms with E-state index < -0.39 is 10.0 Å². The first kappa shape index (κ1) is 19.9. The van der Waals surface area contributed by atoms with Gasteiger partial charge in [-0.3, -0.25) is 9.52 Å². The van der Waals surface area contributed by atoms with Gasteiger partial charge >= 0.3 is 0 Å². The van der Waals surface area contributed by atoms with Crippen LogP contribution in [0, 0.1) is 0 Å². The van der Waals surface area contributed by atoms with E-state index in [-0.39, 0.29) is 10.8 Å². The van der Waals surface area contributed by atoms with Crippen LogP contribution in [0.25, 0.3) is 0 Å². The summed E-state index contributed by atoms with van der Waals surface area (Å²) >= 11 is 5.80. The van der Waals surface area contributed by atoms with Crippen molar-refractivity contribution in [3.05, 3.63) is 95.0 Å². The van der Waals surface area contributed by atoms with E-state index in [2.05, 4.69) is 10.0 Å². The van der Waals surface area contributed by atoms with E-state index >= 15 is 0 Å². The molecule has 144 valence electrons. The van der Waals surface area contributed by atoms with E-state index in [0.29, 0.717) is 22.8 Å². The van der Waals surface area contributed by atoms with Crippen LogP contribution in [-0.2, 0) is 16.4 Å². The van der Waals surface area contributed by atoms with Crippen LogP contribution >= 0.6 is 11.6 Å². The Morgan fingerprint density at radius 2 is 1.61 bits per heavy atom. The molecule has 0 aliphatic carbocycles. The van der Waals surface area contributed by atoms with E-state index in [9.17, 15) is 13.2 Å². The van der Waals surface area contributed by atoms with Gasteiger partial charge in [0.2, 0.25) is 0 Å². The van der Waals surface area contributed by atoms with Crippen LogP contribution in [0.3, 0.4) is 0 Å². The number of anilines is 1. The number of sulfonamides is 1. The fraction of sp³-hybridized carbons (Fsp3) is 0.0952. The monoisotopic (exact) mass is 414 g/mol. The van der Waals surface area contributed by atoms with Crippen molar-refractivity contribution in [2.24, 2.45) is 0 Å². The zero-order chi connectivity index (χ0) is 20.0. The molecular formula is C21H19ClN2O3S. The predicted octanol–water partition coefficient (Wildman–Crippen LogP) is 4.11. The fourth-order valence-corrected chi connectivity index (χ4v) is 3.79. The minimum Gasteiger partial charge on any atom is -0.352 e. The number of benzene rings is 3. The maximum Gasteiger partial charge on any atom is 0.261 e. The van der Waals surface area contributed by atoms with Crippen LogP contribution in [0.15, 0.2) is 83.8 Å². The topological polar surface area (TPSA) is 75.3 Å². The van der Waals surface area contributed by atoms with E-state index in [1.807, 2.05) is 30.3 Å². The summed E-state index contributed by atoms with van der Waals surface area (Å²) in [6.45, 7) is 0.490. The summed E-state index contributed by atoms with van der Waals surface area (Å²) in [4.78, 5) is 12.4. The zero-order valence-corrected chi connectivity index (χ0v) is 16.5. The number of carbonyl (C=O) groups excluding carboxylic acids is 1. The SMILES string of the molecule is O=C(NCCc1ccccc1)c1cccc(NS(=O)(=O)c2ccc(Cl)cc2)c1. The van der Waals surface area contributed by atoms with Crippen LogP contribution in [-0.4, -0.2) is 20.9 Å². The summed E-state index contributed by atoms with van der Waals surface area (Å²) in [5.41, 5.74) is 1.82. The highest BCUT2D eigenvalue weighted by atomic mass is 35.5. The van der Waals surface area contributed by atoms with Crippen molar-refractivity contribution < 1.29 is 13.2 Å². The van der Waals surface area contributed by atoms with Crippen molar-refractivity contribution in [1.29, 1.82) is 0 Å². The molecule has 7 heteroatoms. The first-order valence-electron chi connectivity index (χ1n) is 8.65. The fourth-order valence-electron chi connectivity index (χ4n) is 2.62. The second-order valence-electron chi connectivity index (χ2n) is 6.13. The zero-order valence-electron chi connectivity index (χ0n) is 14.9. The van der Waals surface area contributed by atoms with Crippen molar-refractivity contribution in [3.8, 4) is 0 Å². The second-order valence-corrected chi connectivity index (χ2v) is 8.25. The molecule has 0 heterocycles. The molecular weight excluding hydrogens is 396 g/mol. The molecule has 3 aromatic carbocycles. The van der Waals surface area contributed by atoms with Crippen LogP contribution in [0.2, 0.25) is 5.02 Å². The molecule has 1 amide bonds. The highest BCUT2D eigenvalue weighted by Crippen LogP contribution is 2.19. The van der Waals surface area contributed by atoms with E-state index in [4.69, 9.17) is 11.6 Å². The molecule has 0 atom stereocenters. The molecule has 0 aliphatic rings. The maximum absolute atomic E-state index is 12.5. The lowest BCUT2D eigenvalue weighted by molar-refractivity contribution is 0.0954. The molecule has 2 N–H and O–H groups in total. The Labute approximate surface area is 169 Å². The Morgan fingerprint density at radius 3 is 2.32 bits per heavy atom. The number of carbonyl (C=O) groups is 1. The molecule has 0 unspecified atom stereocenters. The first-order chi connectivity index (χ1) is 13.4. The van der Waals surface area contributed by atoms with Crippen molar-refractivity contribution in [1.82, 2.24) is 5.32 Å². The molecule has 0 saturated carbocycles. The van der Waals surface area contributed by atoms with E-state index in [1.54, 1.807) is 18.2 Å². The standard InChI is InChI=1S/C21H19ClN2O3S/c22-18-9-11-20(12-10-18)28(26,27)24-19-8-4-7-17(15-19)21(25)23-14-13-16-5-2-1-3-6-16/h1-12,15,24H,13-14H2,(H,23,25). The van der Waals surface area contributed by atoms with Gasteiger partial charge in [-0.2, -0.15) is 0 Å². The van der Waals surface area contributed by atoms with Gasteiger partial charge in [-0.05, 0) is 54.4 Å². The molecule has 0 fully saturated rings. The lowest BCUT2D eigenvalue weighted by Crippen LogP contribution is -2.25. The third-order valence-electron chi connectivity index (χ3n) is 4.04. The number of amides is 1. The summed E-state index contributed by atoms with van der Waals surface area (Å²) in [5, 5.41) is 3.30. The van der Waals surface area contributed by atoms with Gasteiger partial charge in [0, 0.05) is 22.8 Å². The Bertz CT molecular complexity index is 1050. The number of halogens is 1. The summed E-state index contributed by atoms with van der Waals surface area (Å²) in [6.07, 6.45) is 0.718. The second kappa shape index (κ2) is 8.91. The van der Waals surface area contributed by atoms with Gasteiger partial charge in [0.05, 0.1) is 4.90 Å². The minimum absolute atomic E-state index is 0.0922. The van der Waals surface area contributed by atoms with Gasteiger partial charge in [0.15, 0.2) is 0 Å². The van der Waals surface area contributed by atoms with Gasteiger partial charge < -0.3 is 5.32 Å². The van der Waals surface area contributed by atoms with Gasteiger partial charge in [0.1, 0.15) is 0 Å². The van der Waals surface area contributed by atoms with Crippen LogP contribution in [0.1, 0.15) is 15.9 Å². The molecule has 0 bridgehead atoms. The lowest BCUT2D eigenvalue weighted by Gasteiger charge is -2.10. The van der Waals surface area contributed by atoms with Gasteiger partial charge in [-0.1, -0.05) is 48.0 Å². The number of nitrogens with one attached hydrogen (secondary N) is 2. The van der Waals surface area contributed by atoms with Gasteiger partial charge in [0.25, 0.3) is 15.9 Å². The molecule has 5 nitrogen and oxygen atoms in total. The van der Waals surface area contributed by atoms with Gasteiger partial charge in [-0.25, -0.2) is 8.42 Å². The average Bonchev–Trinajstić information content (AvgIpc) is 2.69. The Hall–Kier alpha value is -2.83. The van der Waals surface area contributed by atoms with Crippen LogP contribution < -0.4 is 10.0 Å². The third kappa shape index (κ3) is 5.34. The highest BCUT2D eigenvalue weighted by Gasteiger charge is 2.15. The summed E-state index contributed by atoms with van der Waals surface area (Å²) < 4.78 is 27.4. The molecule has 0 radical (unpaired) electrons. The molecule has 28 heavy (non-hydrogen) atoms. The normalized spacial score (nSPS) is 11.0. The van der Waals surface area contributed by atoms with Crippen molar-refractivity contribution >= 4 is 33.2 Å². The summed E-state index contributed by atoms with van der Waals surface area (Å²) in [6, 6.07) is 22.1. The molecule has 0 aromatic heterocycles. The highest BCUT2D eigenvalue weighted by molar-refractivity contribution is 7.92. The third-order valence-corrected chi connectivity index (χ3v) is 5.69. The quantitative estimate of drug-likeness (QED) is 0.610. The largest absolute Gasteiger partial charge is 0.352 e. The number of hydrogen-bond donors (Lipinski definition) is 2. The summed E-state index contributed by atoms with van der Waals surface area (Å²) in [7, 11) is -3.77. The minimum atomic E-state index is -3.77. The smallest absolute Gasteiger partial charge is 0.261 e. The Balaban J connectivity index is 1.64. The number of rotatable bonds is 7.